The summed E-state index contributed by atoms with van der Waals surface area (Å²) in [7, 11) is 0. The van der Waals surface area contributed by atoms with Crippen molar-refractivity contribution in [1.29, 1.82) is 0 Å². The van der Waals surface area contributed by atoms with Crippen LogP contribution in [-0.4, -0.2) is 80.2 Å². The number of fused-ring (bicyclic) bond motifs is 2. The maximum absolute atomic E-state index is 12.3. The first kappa shape index (κ1) is 28.4. The maximum Gasteiger partial charge on any atom is 0.197 e. The third-order valence-electron chi connectivity index (χ3n) is 5.66. The van der Waals surface area contributed by atoms with Gasteiger partial charge in [0.05, 0.1) is 36.7 Å². The molecule has 10 nitrogen and oxygen atoms in total. The number of unbranched alkanes of at least 4 members (excludes halogenated alkanes) is 1. The van der Waals surface area contributed by atoms with E-state index in [1.807, 2.05) is 5.32 Å². The molecule has 2 aromatic carbocycles. The molecule has 7 N–H and O–H groups in total. The predicted octanol–water partition coefficient (Wildman–Crippen LogP) is -2.31. The van der Waals surface area contributed by atoms with Gasteiger partial charge in [-0.1, -0.05) is 37.6 Å². The van der Waals surface area contributed by atoms with Crippen molar-refractivity contribution >= 4 is 27.8 Å². The van der Waals surface area contributed by atoms with Gasteiger partial charge in [-0.2, -0.15) is 0 Å². The van der Waals surface area contributed by atoms with Gasteiger partial charge >= 0.3 is 0 Å². The average Bonchev–Trinajstić information content (AvgIpc) is 2.87. The second-order valence-corrected chi connectivity index (χ2v) is 8.29. The summed E-state index contributed by atoms with van der Waals surface area (Å²) in [6, 6.07) is 14.0. The van der Waals surface area contributed by atoms with Crippen molar-refractivity contribution in [3.8, 4) is 0 Å². The van der Waals surface area contributed by atoms with Crippen LogP contribution in [0.4, 0.5) is 0 Å². The topological polar surface area (TPSA) is 180 Å². The van der Waals surface area contributed by atoms with Crippen LogP contribution in [0.3, 0.4) is 0 Å². The standard InChI is InChI=1S/C15H11NO3.C10H23NO5/c17-14(18)9-16-12-7-3-1-5-10(12)15(19)11-6-2-4-8-13(11)16;1-2-3-4-11-5-7(13)9(15)10(16)8(14)6-12/h1-8H,9H2,(H,17,18);7-16H,2-6H2,1H3/t;7-,8+,9+,10-/m.0/s1. The molecule has 0 fully saturated rings. The van der Waals surface area contributed by atoms with Gasteiger partial charge in [-0.15, -0.1) is 0 Å². The van der Waals surface area contributed by atoms with E-state index < -0.39 is 37.0 Å². The zero-order chi connectivity index (χ0) is 26.0. The van der Waals surface area contributed by atoms with Gasteiger partial charge in [0.2, 0.25) is 0 Å². The van der Waals surface area contributed by atoms with Gasteiger partial charge in [-0.25, -0.2) is 0 Å². The fraction of sp³-hybridized carbons (Fsp3) is 0.440. The monoisotopic (exact) mass is 490 g/mol. The largest absolute Gasteiger partial charge is 0.548 e. The molecular weight excluding hydrogens is 456 g/mol. The second-order valence-electron chi connectivity index (χ2n) is 8.29. The average molecular weight is 491 g/mol. The van der Waals surface area contributed by atoms with Crippen LogP contribution in [0, 0.1) is 0 Å². The minimum atomic E-state index is -1.53. The lowest BCUT2D eigenvalue weighted by atomic mass is 10.0. The van der Waals surface area contributed by atoms with Crippen molar-refractivity contribution in [2.75, 3.05) is 19.7 Å². The Balaban J connectivity index is 0.000000252. The summed E-state index contributed by atoms with van der Waals surface area (Å²) in [6.07, 6.45) is -3.45. The fourth-order valence-corrected chi connectivity index (χ4v) is 3.72. The van der Waals surface area contributed by atoms with E-state index in [4.69, 9.17) is 10.2 Å². The second kappa shape index (κ2) is 13.9. The number of pyridine rings is 1. The number of carboxylic acids is 1. The summed E-state index contributed by atoms with van der Waals surface area (Å²) < 4.78 is 1.60. The van der Waals surface area contributed by atoms with Crippen molar-refractivity contribution in [2.24, 2.45) is 0 Å². The molecule has 3 aromatic rings. The van der Waals surface area contributed by atoms with Crippen LogP contribution >= 0.6 is 0 Å². The number of aliphatic hydroxyl groups is 5. The number of aliphatic hydroxyl groups excluding tert-OH is 5. The third-order valence-corrected chi connectivity index (χ3v) is 5.66. The number of nitrogens with two attached hydrogens (primary N) is 1. The van der Waals surface area contributed by atoms with E-state index in [1.165, 1.54) is 0 Å². The Hall–Kier alpha value is -2.86. The van der Waals surface area contributed by atoms with Crippen LogP contribution in [0.5, 0.6) is 0 Å². The molecule has 0 saturated heterocycles. The van der Waals surface area contributed by atoms with Crippen molar-refractivity contribution < 1.29 is 40.8 Å². The number of carbonyl (C=O) groups excluding carboxylic acids is 1. The van der Waals surface area contributed by atoms with Crippen LogP contribution in [0.25, 0.3) is 21.8 Å². The normalized spacial score (nSPS) is 14.7. The Labute approximate surface area is 202 Å². The molecule has 0 unspecified atom stereocenters. The molecule has 0 saturated carbocycles. The van der Waals surface area contributed by atoms with Gasteiger partial charge in [0, 0.05) is 10.8 Å². The molecule has 35 heavy (non-hydrogen) atoms. The Morgan fingerprint density at radius 3 is 1.94 bits per heavy atom. The minimum absolute atomic E-state index is 0.0826. The first-order valence-corrected chi connectivity index (χ1v) is 11.6. The van der Waals surface area contributed by atoms with E-state index in [9.17, 15) is 30.0 Å². The highest BCUT2D eigenvalue weighted by molar-refractivity contribution is 5.94. The molecule has 0 bridgehead atoms. The molecule has 0 amide bonds. The molecule has 10 heteroatoms. The maximum atomic E-state index is 12.3. The SMILES string of the molecule is CCCC[NH2+]C[C@H](O)[C@@H](O)[C@@H](O)[C@H](O)CO.O=C([O-])Cn1c2ccccc2c(=O)c2ccccc21. The number of rotatable bonds is 11. The van der Waals surface area contributed by atoms with Crippen molar-refractivity contribution in [3.05, 3.63) is 58.8 Å². The molecule has 0 aliphatic carbocycles. The quantitative estimate of drug-likeness (QED) is 0.128. The van der Waals surface area contributed by atoms with Crippen molar-refractivity contribution in [2.45, 2.75) is 50.7 Å². The molecule has 4 atom stereocenters. The first-order chi connectivity index (χ1) is 16.7. The van der Waals surface area contributed by atoms with Crippen molar-refractivity contribution in [3.63, 3.8) is 0 Å². The predicted molar refractivity (Wildman–Crippen MR) is 128 cm³/mol. The number of aliphatic carboxylic acids is 1. The summed E-state index contributed by atoms with van der Waals surface area (Å²) in [5.74, 6) is -1.18. The number of hydrogen-bond donors (Lipinski definition) is 6. The van der Waals surface area contributed by atoms with E-state index in [0.29, 0.717) is 21.8 Å². The first-order valence-electron chi connectivity index (χ1n) is 11.6. The van der Waals surface area contributed by atoms with Crippen LogP contribution < -0.4 is 15.9 Å². The number of nitrogens with zero attached hydrogens (tertiary/aromatic N) is 1. The zero-order valence-corrected chi connectivity index (χ0v) is 19.7. The van der Waals surface area contributed by atoms with Gasteiger partial charge in [-0.05, 0) is 30.7 Å². The minimum Gasteiger partial charge on any atom is -0.548 e. The van der Waals surface area contributed by atoms with Crippen molar-refractivity contribution in [1.82, 2.24) is 4.57 Å². The molecule has 1 aromatic heterocycles. The number of hydrogen-bond acceptors (Lipinski definition) is 8. The van der Waals surface area contributed by atoms with Gasteiger partial charge in [0.25, 0.3) is 0 Å². The number of carbonyl (C=O) groups is 1. The summed E-state index contributed by atoms with van der Waals surface area (Å²) in [6.45, 7) is 2.24. The lowest BCUT2D eigenvalue weighted by Crippen LogP contribution is -2.87. The molecule has 0 radical (unpaired) electrons. The van der Waals surface area contributed by atoms with E-state index in [0.717, 1.165) is 19.4 Å². The van der Waals surface area contributed by atoms with Gasteiger partial charge in [-0.3, -0.25) is 4.79 Å². The van der Waals surface area contributed by atoms with Crippen LogP contribution in [-0.2, 0) is 11.3 Å². The molecule has 0 aliphatic rings. The van der Waals surface area contributed by atoms with Crippen LogP contribution in [0.15, 0.2) is 53.3 Å². The van der Waals surface area contributed by atoms with E-state index >= 15 is 0 Å². The highest BCUT2D eigenvalue weighted by Crippen LogP contribution is 2.18. The summed E-state index contributed by atoms with van der Waals surface area (Å²) >= 11 is 0. The number of carboxylic acid groups (broad SMARTS) is 1. The molecule has 0 spiro atoms. The smallest absolute Gasteiger partial charge is 0.197 e. The highest BCUT2D eigenvalue weighted by Gasteiger charge is 2.30. The number of para-hydroxylation sites is 2. The molecule has 1 heterocycles. The Morgan fingerprint density at radius 1 is 0.943 bits per heavy atom. The summed E-state index contributed by atoms with van der Waals surface area (Å²) in [5.41, 5.74) is 1.13. The molecule has 192 valence electrons. The Kier molecular flexibility index (Phi) is 11.3. The van der Waals surface area contributed by atoms with E-state index in [1.54, 1.807) is 53.1 Å². The van der Waals surface area contributed by atoms with E-state index in [-0.39, 0.29) is 18.5 Å². The zero-order valence-electron chi connectivity index (χ0n) is 19.7. The number of benzene rings is 2. The molecule has 3 rings (SSSR count). The molecular formula is C25H34N2O8. The van der Waals surface area contributed by atoms with E-state index in [2.05, 4.69) is 6.92 Å². The summed E-state index contributed by atoms with van der Waals surface area (Å²) in [4.78, 5) is 23.3. The van der Waals surface area contributed by atoms with Gasteiger partial charge in [0.15, 0.2) is 5.43 Å². The highest BCUT2D eigenvalue weighted by atomic mass is 16.4. The third kappa shape index (κ3) is 7.56. The summed E-state index contributed by atoms with van der Waals surface area (Å²) in [5, 5.41) is 59.7. The van der Waals surface area contributed by atoms with Gasteiger partial charge < -0.3 is 45.3 Å². The lowest BCUT2D eigenvalue weighted by Gasteiger charge is -2.24. The number of quaternary nitrogens is 1. The fourth-order valence-electron chi connectivity index (χ4n) is 3.72. The van der Waals surface area contributed by atoms with Crippen LogP contribution in [0.1, 0.15) is 19.8 Å². The molecule has 0 aliphatic heterocycles. The lowest BCUT2D eigenvalue weighted by molar-refractivity contribution is -0.662. The number of aromatic nitrogens is 1. The van der Waals surface area contributed by atoms with Gasteiger partial charge in [0.1, 0.15) is 31.0 Å². The Morgan fingerprint density at radius 2 is 1.46 bits per heavy atom. The van der Waals surface area contributed by atoms with Crippen LogP contribution in [0.2, 0.25) is 0 Å². The Bertz CT molecular complexity index is 1090.